The molecule has 1 atom stereocenters. The van der Waals surface area contributed by atoms with Gasteiger partial charge in [0.15, 0.2) is 0 Å². The molecule has 0 aliphatic carbocycles. The fourth-order valence-corrected chi connectivity index (χ4v) is 3.76. The number of nitrogens with one attached hydrogen (secondary N) is 1. The standard InChI is InChI=1S/C14H15Br2NOS/c1-9(17-8-11-4-6-14(16)19-11)10-3-5-13(18-2)12(15)7-10/h3-7,9,17H,8H2,1-2H3. The summed E-state index contributed by atoms with van der Waals surface area (Å²) in [6.45, 7) is 3.04. The second kappa shape index (κ2) is 6.88. The van der Waals surface area contributed by atoms with Crippen LogP contribution in [0.15, 0.2) is 38.6 Å². The summed E-state index contributed by atoms with van der Waals surface area (Å²) in [5.41, 5.74) is 1.24. The van der Waals surface area contributed by atoms with Crippen LogP contribution in [-0.2, 0) is 6.54 Å². The number of ether oxygens (including phenoxy) is 1. The van der Waals surface area contributed by atoms with Gasteiger partial charge in [-0.15, -0.1) is 11.3 Å². The molecule has 2 aromatic rings. The van der Waals surface area contributed by atoms with E-state index in [0.717, 1.165) is 16.8 Å². The number of hydrogen-bond acceptors (Lipinski definition) is 3. The predicted octanol–water partition coefficient (Wildman–Crippen LogP) is 5.13. The van der Waals surface area contributed by atoms with Crippen molar-refractivity contribution in [2.24, 2.45) is 0 Å². The zero-order valence-corrected chi connectivity index (χ0v) is 14.7. The highest BCUT2D eigenvalue weighted by Crippen LogP contribution is 2.28. The molecule has 0 fully saturated rings. The summed E-state index contributed by atoms with van der Waals surface area (Å²) in [6.07, 6.45) is 0. The average molecular weight is 405 g/mol. The van der Waals surface area contributed by atoms with Crippen LogP contribution in [0.1, 0.15) is 23.4 Å². The normalized spacial score (nSPS) is 12.4. The van der Waals surface area contributed by atoms with Gasteiger partial charge in [-0.3, -0.25) is 0 Å². The number of halogens is 2. The van der Waals surface area contributed by atoms with Crippen molar-refractivity contribution >= 4 is 43.2 Å². The topological polar surface area (TPSA) is 21.3 Å². The van der Waals surface area contributed by atoms with Gasteiger partial charge in [-0.25, -0.2) is 0 Å². The van der Waals surface area contributed by atoms with E-state index in [2.05, 4.69) is 68.4 Å². The van der Waals surface area contributed by atoms with Crippen LogP contribution >= 0.6 is 43.2 Å². The first-order valence-corrected chi connectivity index (χ1v) is 8.31. The molecule has 0 amide bonds. The van der Waals surface area contributed by atoms with Gasteiger partial charge in [0.1, 0.15) is 5.75 Å². The van der Waals surface area contributed by atoms with Crippen molar-refractivity contribution in [2.45, 2.75) is 19.5 Å². The third kappa shape index (κ3) is 4.05. The first kappa shape index (κ1) is 15.0. The second-order valence-corrected chi connectivity index (χ2v) is 7.60. The van der Waals surface area contributed by atoms with Gasteiger partial charge >= 0.3 is 0 Å². The molecule has 0 aliphatic rings. The van der Waals surface area contributed by atoms with E-state index in [1.807, 2.05) is 6.07 Å². The monoisotopic (exact) mass is 403 g/mol. The van der Waals surface area contributed by atoms with Gasteiger partial charge in [0.05, 0.1) is 15.4 Å². The molecule has 1 unspecified atom stereocenters. The molecular weight excluding hydrogens is 390 g/mol. The van der Waals surface area contributed by atoms with Crippen LogP contribution in [-0.4, -0.2) is 7.11 Å². The molecule has 1 N–H and O–H groups in total. The van der Waals surface area contributed by atoms with E-state index in [9.17, 15) is 0 Å². The molecule has 102 valence electrons. The van der Waals surface area contributed by atoms with Gasteiger partial charge in [-0.1, -0.05) is 6.07 Å². The molecule has 0 saturated heterocycles. The lowest BCUT2D eigenvalue weighted by Gasteiger charge is -2.15. The van der Waals surface area contributed by atoms with Crippen LogP contribution in [0.5, 0.6) is 5.75 Å². The van der Waals surface area contributed by atoms with Crippen LogP contribution in [0.3, 0.4) is 0 Å². The lowest BCUT2D eigenvalue weighted by Crippen LogP contribution is -2.17. The van der Waals surface area contributed by atoms with E-state index < -0.39 is 0 Å². The Morgan fingerprint density at radius 3 is 2.63 bits per heavy atom. The van der Waals surface area contributed by atoms with Crippen molar-refractivity contribution in [3.05, 3.63) is 49.0 Å². The lowest BCUT2D eigenvalue weighted by atomic mass is 10.1. The van der Waals surface area contributed by atoms with Crippen LogP contribution in [0.25, 0.3) is 0 Å². The Bertz CT molecular complexity index is 556. The molecule has 0 spiro atoms. The molecule has 19 heavy (non-hydrogen) atoms. The largest absolute Gasteiger partial charge is 0.496 e. The maximum atomic E-state index is 5.24. The lowest BCUT2D eigenvalue weighted by molar-refractivity contribution is 0.411. The van der Waals surface area contributed by atoms with Gasteiger partial charge in [0.25, 0.3) is 0 Å². The molecule has 0 saturated carbocycles. The molecule has 2 nitrogen and oxygen atoms in total. The smallest absolute Gasteiger partial charge is 0.133 e. The maximum absolute atomic E-state index is 5.24. The van der Waals surface area contributed by atoms with Gasteiger partial charge in [-0.05, 0) is 68.6 Å². The van der Waals surface area contributed by atoms with Crippen LogP contribution in [0, 0.1) is 0 Å². The Morgan fingerprint density at radius 2 is 2.05 bits per heavy atom. The number of methoxy groups -OCH3 is 1. The Kier molecular flexibility index (Phi) is 5.45. The summed E-state index contributed by atoms with van der Waals surface area (Å²) >= 11 is 8.76. The first-order valence-electron chi connectivity index (χ1n) is 5.91. The number of rotatable bonds is 5. The summed E-state index contributed by atoms with van der Waals surface area (Å²) < 4.78 is 7.40. The van der Waals surface area contributed by atoms with Crippen molar-refractivity contribution in [3.63, 3.8) is 0 Å². The number of benzene rings is 1. The SMILES string of the molecule is COc1ccc(C(C)NCc2ccc(Br)s2)cc1Br. The maximum Gasteiger partial charge on any atom is 0.133 e. The fraction of sp³-hybridized carbons (Fsp3) is 0.286. The van der Waals surface area contributed by atoms with Gasteiger partial charge in [0, 0.05) is 17.5 Å². The molecule has 0 aliphatic heterocycles. The molecule has 1 aromatic carbocycles. The number of hydrogen-bond donors (Lipinski definition) is 1. The van der Waals surface area contributed by atoms with E-state index in [1.54, 1.807) is 18.4 Å². The van der Waals surface area contributed by atoms with Gasteiger partial charge in [0.2, 0.25) is 0 Å². The minimum atomic E-state index is 0.295. The first-order chi connectivity index (χ1) is 9.10. The predicted molar refractivity (Wildman–Crippen MR) is 88.0 cm³/mol. The fourth-order valence-electron chi connectivity index (χ4n) is 1.77. The summed E-state index contributed by atoms with van der Waals surface area (Å²) in [7, 11) is 1.68. The molecule has 1 aromatic heterocycles. The van der Waals surface area contributed by atoms with E-state index >= 15 is 0 Å². The zero-order valence-electron chi connectivity index (χ0n) is 10.7. The third-order valence-electron chi connectivity index (χ3n) is 2.89. The van der Waals surface area contributed by atoms with E-state index in [0.29, 0.717) is 6.04 Å². The summed E-state index contributed by atoms with van der Waals surface area (Å²) in [6, 6.07) is 10.7. The Balaban J connectivity index is 1.99. The third-order valence-corrected chi connectivity index (χ3v) is 5.13. The molecule has 1 heterocycles. The van der Waals surface area contributed by atoms with E-state index in [1.165, 1.54) is 14.2 Å². The summed E-state index contributed by atoms with van der Waals surface area (Å²) in [5, 5.41) is 3.52. The minimum absolute atomic E-state index is 0.295. The van der Waals surface area contributed by atoms with E-state index in [-0.39, 0.29) is 0 Å². The molecular formula is C14H15Br2NOS. The van der Waals surface area contributed by atoms with Crippen molar-refractivity contribution in [3.8, 4) is 5.75 Å². The highest BCUT2D eigenvalue weighted by molar-refractivity contribution is 9.11. The molecule has 0 bridgehead atoms. The highest BCUT2D eigenvalue weighted by Gasteiger charge is 2.08. The van der Waals surface area contributed by atoms with Gasteiger partial charge < -0.3 is 10.1 Å². The van der Waals surface area contributed by atoms with Crippen LogP contribution < -0.4 is 10.1 Å². The minimum Gasteiger partial charge on any atom is -0.496 e. The second-order valence-electron chi connectivity index (χ2n) is 4.20. The van der Waals surface area contributed by atoms with Crippen molar-refractivity contribution in [1.82, 2.24) is 5.32 Å². The molecule has 2 rings (SSSR count). The highest BCUT2D eigenvalue weighted by atomic mass is 79.9. The molecule has 0 radical (unpaired) electrons. The van der Waals surface area contributed by atoms with E-state index in [4.69, 9.17) is 4.74 Å². The van der Waals surface area contributed by atoms with Crippen molar-refractivity contribution in [2.75, 3.05) is 7.11 Å². The average Bonchev–Trinajstić information content (AvgIpc) is 2.81. The van der Waals surface area contributed by atoms with Crippen molar-refractivity contribution in [1.29, 1.82) is 0 Å². The summed E-state index contributed by atoms with van der Waals surface area (Å²) in [5.74, 6) is 0.859. The Labute approximate surface area is 134 Å². The summed E-state index contributed by atoms with van der Waals surface area (Å²) in [4.78, 5) is 1.33. The number of thiophene rings is 1. The van der Waals surface area contributed by atoms with Crippen molar-refractivity contribution < 1.29 is 4.74 Å². The Morgan fingerprint density at radius 1 is 1.26 bits per heavy atom. The van der Waals surface area contributed by atoms with Crippen LogP contribution in [0.2, 0.25) is 0 Å². The molecule has 5 heteroatoms. The Hall–Kier alpha value is -0.360. The zero-order chi connectivity index (χ0) is 13.8. The van der Waals surface area contributed by atoms with Gasteiger partial charge in [-0.2, -0.15) is 0 Å². The van der Waals surface area contributed by atoms with Crippen LogP contribution in [0.4, 0.5) is 0 Å². The quantitative estimate of drug-likeness (QED) is 0.745.